The Balaban J connectivity index is 0. The number of nitrogens with two attached hydrogens (primary N) is 2. The van der Waals surface area contributed by atoms with Gasteiger partial charge in [-0.1, -0.05) is 0 Å². The van der Waals surface area contributed by atoms with Crippen LogP contribution in [0.1, 0.15) is 20.8 Å². The van der Waals surface area contributed by atoms with Crippen molar-refractivity contribution in [2.24, 2.45) is 21.5 Å². The van der Waals surface area contributed by atoms with Crippen LogP contribution in [-0.4, -0.2) is 24.9 Å². The summed E-state index contributed by atoms with van der Waals surface area (Å²) in [7, 11) is 0. The summed E-state index contributed by atoms with van der Waals surface area (Å²) in [5.41, 5.74) is 10.3. The first-order chi connectivity index (χ1) is 6.58. The summed E-state index contributed by atoms with van der Waals surface area (Å²) < 4.78 is 0. The highest BCUT2D eigenvalue weighted by molar-refractivity contribution is 5.79. The smallest absolute Gasteiger partial charge is 0.202 e. The van der Waals surface area contributed by atoms with Crippen LogP contribution in [0.15, 0.2) is 9.98 Å². The Hall–Kier alpha value is -1.77. The highest BCUT2D eigenvalue weighted by Gasteiger charge is 1.80. The van der Waals surface area contributed by atoms with E-state index in [0.29, 0.717) is 12.4 Å². The highest BCUT2D eigenvalue weighted by atomic mass is 15.1. The van der Waals surface area contributed by atoms with E-state index in [1.54, 1.807) is 13.1 Å². The molecule has 0 aromatic rings. The second-order valence-corrected chi connectivity index (χ2v) is 2.21. The first-order valence-electron chi connectivity index (χ1n) is 4.29. The molecular weight excluding hydrogens is 180 g/mol. The van der Waals surface area contributed by atoms with E-state index in [9.17, 15) is 0 Å². The van der Waals surface area contributed by atoms with Crippen LogP contribution in [0.2, 0.25) is 0 Å². The van der Waals surface area contributed by atoms with Gasteiger partial charge in [-0.05, 0) is 20.8 Å². The second kappa shape index (κ2) is 11.2. The SMILES string of the molecule is CCN=C(C)N.CCN=C(N)NC#N. The van der Waals surface area contributed by atoms with E-state index in [2.05, 4.69) is 15.3 Å². The molecule has 5 N–H and O–H groups in total. The summed E-state index contributed by atoms with van der Waals surface area (Å²) in [6.45, 7) is 6.97. The zero-order chi connectivity index (χ0) is 11.4. The molecule has 0 aliphatic heterocycles. The average Bonchev–Trinajstić information content (AvgIpc) is 2.05. The molecule has 6 nitrogen and oxygen atoms in total. The number of nitrogens with zero attached hydrogens (tertiary/aromatic N) is 3. The molecule has 0 atom stereocenters. The molecule has 0 fully saturated rings. The molecule has 0 aliphatic carbocycles. The van der Waals surface area contributed by atoms with Crippen LogP contribution in [0, 0.1) is 11.5 Å². The van der Waals surface area contributed by atoms with E-state index in [4.69, 9.17) is 16.7 Å². The number of nitriles is 1. The fourth-order valence-electron chi connectivity index (χ4n) is 0.517. The van der Waals surface area contributed by atoms with Crippen molar-refractivity contribution >= 4 is 11.8 Å². The zero-order valence-electron chi connectivity index (χ0n) is 8.91. The van der Waals surface area contributed by atoms with Crippen LogP contribution in [0.25, 0.3) is 0 Å². The van der Waals surface area contributed by atoms with Gasteiger partial charge in [0.05, 0.1) is 5.84 Å². The standard InChI is InChI=1S/C4H8N4.C4H10N2/c1-2-7-4(6)8-3-5;1-3-6-4(2)5/h2H2,1H3,(H3,6,7,8);3H2,1-2H3,(H2,5,6). The Labute approximate surface area is 84.7 Å². The topological polar surface area (TPSA) is 113 Å². The quantitative estimate of drug-likeness (QED) is 0.246. The van der Waals surface area contributed by atoms with E-state index in [0.717, 1.165) is 6.54 Å². The Morgan fingerprint density at radius 2 is 1.79 bits per heavy atom. The molecule has 0 rings (SSSR count). The number of amidine groups is 1. The lowest BCUT2D eigenvalue weighted by Gasteiger charge is -1.90. The van der Waals surface area contributed by atoms with Gasteiger partial charge in [-0.3, -0.25) is 15.3 Å². The maximum Gasteiger partial charge on any atom is 0.202 e. The summed E-state index contributed by atoms with van der Waals surface area (Å²) in [4.78, 5) is 7.49. The van der Waals surface area contributed by atoms with E-state index >= 15 is 0 Å². The first-order valence-corrected chi connectivity index (χ1v) is 4.29. The fraction of sp³-hybridized carbons (Fsp3) is 0.625. The van der Waals surface area contributed by atoms with E-state index in [-0.39, 0.29) is 5.96 Å². The number of rotatable bonds is 2. The minimum atomic E-state index is 0.176. The van der Waals surface area contributed by atoms with E-state index in [1.165, 1.54) is 0 Å². The lowest BCUT2D eigenvalue weighted by atomic mass is 10.7. The third kappa shape index (κ3) is 16.7. The fourth-order valence-corrected chi connectivity index (χ4v) is 0.517. The molecule has 0 radical (unpaired) electrons. The van der Waals surface area contributed by atoms with Crippen molar-refractivity contribution in [3.63, 3.8) is 0 Å². The summed E-state index contributed by atoms with van der Waals surface area (Å²) in [5, 5.41) is 10.1. The molecule has 0 aliphatic rings. The molecule has 0 saturated carbocycles. The molecule has 0 aromatic carbocycles. The Morgan fingerprint density at radius 3 is 2.00 bits per heavy atom. The van der Waals surface area contributed by atoms with E-state index < -0.39 is 0 Å². The van der Waals surface area contributed by atoms with Crippen molar-refractivity contribution < 1.29 is 0 Å². The van der Waals surface area contributed by atoms with Gasteiger partial charge in [-0.25, -0.2) is 0 Å². The molecule has 0 aromatic heterocycles. The van der Waals surface area contributed by atoms with Gasteiger partial charge in [0.1, 0.15) is 0 Å². The first kappa shape index (κ1) is 14.7. The molecule has 14 heavy (non-hydrogen) atoms. The number of hydrogen-bond donors (Lipinski definition) is 3. The molecule has 80 valence electrons. The summed E-state index contributed by atoms with van der Waals surface area (Å²) in [6.07, 6.45) is 1.65. The van der Waals surface area contributed by atoms with Crippen LogP contribution in [0.4, 0.5) is 0 Å². The predicted octanol–water partition coefficient (Wildman–Crippen LogP) is -0.225. The maximum atomic E-state index is 7.94. The third-order valence-corrected chi connectivity index (χ3v) is 0.920. The summed E-state index contributed by atoms with van der Waals surface area (Å²) in [5.74, 6) is 0.840. The lowest BCUT2D eigenvalue weighted by Crippen LogP contribution is -2.27. The number of hydrogen-bond acceptors (Lipinski definition) is 3. The summed E-state index contributed by atoms with van der Waals surface area (Å²) >= 11 is 0. The van der Waals surface area contributed by atoms with Gasteiger partial charge in [0, 0.05) is 13.1 Å². The van der Waals surface area contributed by atoms with E-state index in [1.807, 2.05) is 13.8 Å². The maximum absolute atomic E-state index is 7.94. The molecule has 6 heteroatoms. The third-order valence-electron chi connectivity index (χ3n) is 0.920. The van der Waals surface area contributed by atoms with Gasteiger partial charge in [-0.2, -0.15) is 5.26 Å². The van der Waals surface area contributed by atoms with Crippen LogP contribution in [-0.2, 0) is 0 Å². The number of aliphatic imine (C=N–C) groups is 2. The minimum Gasteiger partial charge on any atom is -0.388 e. The van der Waals surface area contributed by atoms with Gasteiger partial charge in [0.15, 0.2) is 6.19 Å². The van der Waals surface area contributed by atoms with Crippen LogP contribution < -0.4 is 16.8 Å². The van der Waals surface area contributed by atoms with Gasteiger partial charge in [-0.15, -0.1) is 0 Å². The molecular formula is C8H18N6. The molecule has 0 unspecified atom stereocenters. The Bertz CT molecular complexity index is 220. The van der Waals surface area contributed by atoms with Crippen molar-refractivity contribution in [2.45, 2.75) is 20.8 Å². The predicted molar refractivity (Wildman–Crippen MR) is 58.7 cm³/mol. The highest BCUT2D eigenvalue weighted by Crippen LogP contribution is 1.63. The van der Waals surface area contributed by atoms with Gasteiger partial charge < -0.3 is 11.5 Å². The molecule has 0 amide bonds. The molecule has 0 spiro atoms. The number of guanidine groups is 1. The number of nitrogens with one attached hydrogen (secondary N) is 1. The Kier molecular flexibility index (Phi) is 11.8. The van der Waals surface area contributed by atoms with Gasteiger partial charge in [0.25, 0.3) is 0 Å². The van der Waals surface area contributed by atoms with Gasteiger partial charge >= 0.3 is 0 Å². The second-order valence-electron chi connectivity index (χ2n) is 2.21. The van der Waals surface area contributed by atoms with Crippen LogP contribution in [0.3, 0.4) is 0 Å². The summed E-state index contributed by atoms with van der Waals surface area (Å²) in [6, 6.07) is 0. The normalized spacial score (nSPS) is 11.0. The van der Waals surface area contributed by atoms with Crippen molar-refractivity contribution in [3.8, 4) is 6.19 Å². The van der Waals surface area contributed by atoms with Crippen molar-refractivity contribution in [1.82, 2.24) is 5.32 Å². The molecule has 0 saturated heterocycles. The zero-order valence-corrected chi connectivity index (χ0v) is 8.91. The van der Waals surface area contributed by atoms with Crippen LogP contribution >= 0.6 is 0 Å². The molecule has 0 bridgehead atoms. The van der Waals surface area contributed by atoms with Crippen molar-refractivity contribution in [3.05, 3.63) is 0 Å². The Morgan fingerprint density at radius 1 is 1.29 bits per heavy atom. The van der Waals surface area contributed by atoms with Crippen molar-refractivity contribution in [2.75, 3.05) is 13.1 Å². The average molecular weight is 198 g/mol. The largest absolute Gasteiger partial charge is 0.388 e. The minimum absolute atomic E-state index is 0.176. The molecule has 0 heterocycles. The van der Waals surface area contributed by atoms with Crippen molar-refractivity contribution in [1.29, 1.82) is 5.26 Å². The van der Waals surface area contributed by atoms with Gasteiger partial charge in [0.2, 0.25) is 5.96 Å². The lowest BCUT2D eigenvalue weighted by molar-refractivity contribution is 1.08. The monoisotopic (exact) mass is 198 g/mol. The van der Waals surface area contributed by atoms with Crippen LogP contribution in [0.5, 0.6) is 0 Å².